The Balaban J connectivity index is 1.93. The third-order valence-corrected chi connectivity index (χ3v) is 3.02. The highest BCUT2D eigenvalue weighted by Crippen LogP contribution is 2.23. The fourth-order valence-corrected chi connectivity index (χ4v) is 2.05. The molecule has 0 aliphatic carbocycles. The van der Waals surface area contributed by atoms with Crippen LogP contribution in [-0.2, 0) is 0 Å². The molecule has 0 fully saturated rings. The van der Waals surface area contributed by atoms with E-state index in [0.717, 1.165) is 10.9 Å². The summed E-state index contributed by atoms with van der Waals surface area (Å²) in [6.07, 6.45) is 1.66. The van der Waals surface area contributed by atoms with Crippen LogP contribution < -0.4 is 10.1 Å². The molecule has 0 bridgehead atoms. The standard InChI is InChI=1S/C15H13N3O2/c1-20-14-9-5-3-7-12(14)17-15(19)18-13-8-4-2-6-11(13)10-16-18/h2-10H,1H3,(H,17,19). The molecular weight excluding hydrogens is 254 g/mol. The van der Waals surface area contributed by atoms with Gasteiger partial charge in [0.2, 0.25) is 0 Å². The topological polar surface area (TPSA) is 56.1 Å². The lowest BCUT2D eigenvalue weighted by molar-refractivity contribution is 0.251. The molecule has 0 aliphatic rings. The van der Waals surface area contributed by atoms with E-state index in [-0.39, 0.29) is 6.03 Å². The highest BCUT2D eigenvalue weighted by molar-refractivity contribution is 5.97. The molecule has 1 aromatic heterocycles. The van der Waals surface area contributed by atoms with Gasteiger partial charge in [0.15, 0.2) is 0 Å². The molecule has 3 aromatic rings. The van der Waals surface area contributed by atoms with E-state index in [1.165, 1.54) is 4.68 Å². The maximum atomic E-state index is 12.3. The minimum Gasteiger partial charge on any atom is -0.495 e. The fourth-order valence-electron chi connectivity index (χ4n) is 2.05. The van der Waals surface area contributed by atoms with Crippen LogP contribution in [0.1, 0.15) is 0 Å². The van der Waals surface area contributed by atoms with Crippen molar-refractivity contribution >= 4 is 22.6 Å². The first-order valence-corrected chi connectivity index (χ1v) is 6.17. The van der Waals surface area contributed by atoms with Crippen molar-refractivity contribution in [3.63, 3.8) is 0 Å². The van der Waals surface area contributed by atoms with Crippen LogP contribution in [0.2, 0.25) is 0 Å². The van der Waals surface area contributed by atoms with E-state index >= 15 is 0 Å². The number of nitrogens with zero attached hydrogens (tertiary/aromatic N) is 2. The second kappa shape index (κ2) is 5.05. The van der Waals surface area contributed by atoms with Crippen LogP contribution in [0.3, 0.4) is 0 Å². The average Bonchev–Trinajstić information content (AvgIpc) is 2.92. The zero-order valence-corrected chi connectivity index (χ0v) is 10.9. The number of anilines is 1. The lowest BCUT2D eigenvalue weighted by Crippen LogP contribution is -2.20. The zero-order chi connectivity index (χ0) is 13.9. The Morgan fingerprint density at radius 3 is 2.75 bits per heavy atom. The number of ether oxygens (including phenoxy) is 1. The van der Waals surface area contributed by atoms with Crippen LogP contribution in [0.5, 0.6) is 5.75 Å². The molecule has 1 heterocycles. The van der Waals surface area contributed by atoms with Gasteiger partial charge in [-0.05, 0) is 18.2 Å². The second-order valence-corrected chi connectivity index (χ2v) is 4.25. The molecule has 1 N–H and O–H groups in total. The molecule has 0 radical (unpaired) electrons. The second-order valence-electron chi connectivity index (χ2n) is 4.25. The number of aromatic nitrogens is 2. The summed E-state index contributed by atoms with van der Waals surface area (Å²) in [5.41, 5.74) is 1.37. The molecule has 3 rings (SSSR count). The lowest BCUT2D eigenvalue weighted by Gasteiger charge is -2.09. The normalized spacial score (nSPS) is 10.4. The van der Waals surface area contributed by atoms with Crippen LogP contribution in [-0.4, -0.2) is 22.9 Å². The van der Waals surface area contributed by atoms with Gasteiger partial charge >= 0.3 is 6.03 Å². The van der Waals surface area contributed by atoms with Crippen LogP contribution in [0.25, 0.3) is 10.9 Å². The van der Waals surface area contributed by atoms with E-state index in [1.807, 2.05) is 36.4 Å². The van der Waals surface area contributed by atoms with Crippen molar-refractivity contribution < 1.29 is 9.53 Å². The minimum atomic E-state index is -0.323. The lowest BCUT2D eigenvalue weighted by atomic mass is 10.2. The molecule has 0 unspecified atom stereocenters. The van der Waals surface area contributed by atoms with Crippen LogP contribution in [0.15, 0.2) is 54.7 Å². The summed E-state index contributed by atoms with van der Waals surface area (Å²) < 4.78 is 6.54. The Hall–Kier alpha value is -2.82. The van der Waals surface area contributed by atoms with Gasteiger partial charge in [-0.2, -0.15) is 9.78 Å². The van der Waals surface area contributed by atoms with E-state index in [0.29, 0.717) is 11.4 Å². The number of benzene rings is 2. The summed E-state index contributed by atoms with van der Waals surface area (Å²) >= 11 is 0. The average molecular weight is 267 g/mol. The molecular formula is C15H13N3O2. The van der Waals surface area contributed by atoms with Crippen molar-refractivity contribution in [1.82, 2.24) is 9.78 Å². The molecule has 0 saturated carbocycles. The van der Waals surface area contributed by atoms with Gasteiger partial charge in [-0.3, -0.25) is 0 Å². The summed E-state index contributed by atoms with van der Waals surface area (Å²) in [4.78, 5) is 12.3. The number of methoxy groups -OCH3 is 1. The smallest absolute Gasteiger partial charge is 0.347 e. The van der Waals surface area contributed by atoms with Gasteiger partial charge in [-0.1, -0.05) is 30.3 Å². The highest BCUT2D eigenvalue weighted by Gasteiger charge is 2.12. The molecule has 20 heavy (non-hydrogen) atoms. The predicted molar refractivity (Wildman–Crippen MR) is 77.1 cm³/mol. The van der Waals surface area contributed by atoms with Crippen molar-refractivity contribution in [3.05, 3.63) is 54.7 Å². The molecule has 1 amide bonds. The zero-order valence-electron chi connectivity index (χ0n) is 10.9. The minimum absolute atomic E-state index is 0.323. The molecule has 5 nitrogen and oxygen atoms in total. The molecule has 100 valence electrons. The number of hydrogen-bond donors (Lipinski definition) is 1. The monoisotopic (exact) mass is 267 g/mol. The highest BCUT2D eigenvalue weighted by atomic mass is 16.5. The molecule has 0 aliphatic heterocycles. The third-order valence-electron chi connectivity index (χ3n) is 3.02. The van der Waals surface area contributed by atoms with Gasteiger partial charge in [0.05, 0.1) is 24.5 Å². The molecule has 0 atom stereocenters. The Morgan fingerprint density at radius 2 is 1.90 bits per heavy atom. The van der Waals surface area contributed by atoms with Gasteiger partial charge in [-0.25, -0.2) is 4.79 Å². The molecule has 2 aromatic carbocycles. The number of carbonyl (C=O) groups excluding carboxylic acids is 1. The van der Waals surface area contributed by atoms with Crippen LogP contribution >= 0.6 is 0 Å². The number of fused-ring (bicyclic) bond motifs is 1. The Kier molecular flexibility index (Phi) is 3.09. The van der Waals surface area contributed by atoms with Crippen molar-refractivity contribution in [2.75, 3.05) is 12.4 Å². The van der Waals surface area contributed by atoms with Gasteiger partial charge < -0.3 is 10.1 Å². The predicted octanol–water partition coefficient (Wildman–Crippen LogP) is 3.13. The first-order chi connectivity index (χ1) is 9.79. The van der Waals surface area contributed by atoms with Crippen molar-refractivity contribution in [2.24, 2.45) is 0 Å². The quantitative estimate of drug-likeness (QED) is 0.776. The first kappa shape index (κ1) is 12.2. The summed E-state index contributed by atoms with van der Waals surface area (Å²) in [7, 11) is 1.56. The van der Waals surface area contributed by atoms with E-state index < -0.39 is 0 Å². The number of para-hydroxylation sites is 3. The Morgan fingerprint density at radius 1 is 1.15 bits per heavy atom. The van der Waals surface area contributed by atoms with E-state index in [1.54, 1.807) is 25.4 Å². The number of hydrogen-bond acceptors (Lipinski definition) is 3. The molecule has 0 spiro atoms. The Labute approximate surface area is 115 Å². The first-order valence-electron chi connectivity index (χ1n) is 6.17. The maximum absolute atomic E-state index is 12.3. The van der Waals surface area contributed by atoms with Gasteiger partial charge in [0, 0.05) is 5.39 Å². The van der Waals surface area contributed by atoms with E-state index in [2.05, 4.69) is 10.4 Å². The van der Waals surface area contributed by atoms with Crippen molar-refractivity contribution in [2.45, 2.75) is 0 Å². The molecule has 5 heteroatoms. The summed E-state index contributed by atoms with van der Waals surface area (Å²) in [5, 5.41) is 7.82. The number of rotatable bonds is 2. The van der Waals surface area contributed by atoms with Gasteiger partial charge in [0.1, 0.15) is 5.75 Å². The van der Waals surface area contributed by atoms with E-state index in [4.69, 9.17) is 4.74 Å². The summed E-state index contributed by atoms with van der Waals surface area (Å²) in [6.45, 7) is 0. The largest absolute Gasteiger partial charge is 0.495 e. The molecule has 0 saturated heterocycles. The summed E-state index contributed by atoms with van der Waals surface area (Å²) in [6, 6.07) is 14.5. The Bertz CT molecular complexity index is 764. The maximum Gasteiger partial charge on any atom is 0.347 e. The van der Waals surface area contributed by atoms with Crippen LogP contribution in [0.4, 0.5) is 10.5 Å². The fraction of sp³-hybridized carbons (Fsp3) is 0.0667. The van der Waals surface area contributed by atoms with Crippen LogP contribution in [0, 0.1) is 0 Å². The number of amides is 1. The van der Waals surface area contributed by atoms with E-state index in [9.17, 15) is 4.79 Å². The van der Waals surface area contributed by atoms with Crippen molar-refractivity contribution in [3.8, 4) is 5.75 Å². The third kappa shape index (κ3) is 2.09. The summed E-state index contributed by atoms with van der Waals surface area (Å²) in [5.74, 6) is 0.609. The van der Waals surface area contributed by atoms with Gasteiger partial charge in [0.25, 0.3) is 0 Å². The number of nitrogens with one attached hydrogen (secondary N) is 1. The van der Waals surface area contributed by atoms with Crippen molar-refractivity contribution in [1.29, 1.82) is 0 Å². The van der Waals surface area contributed by atoms with Gasteiger partial charge in [-0.15, -0.1) is 0 Å². The number of carbonyl (C=O) groups is 1. The SMILES string of the molecule is COc1ccccc1NC(=O)n1ncc2ccccc21.